The third-order valence-electron chi connectivity index (χ3n) is 2.05. The lowest BCUT2D eigenvalue weighted by molar-refractivity contribution is 0.112. The van der Waals surface area contributed by atoms with Crippen LogP contribution in [0.15, 0.2) is 24.3 Å². The zero-order chi connectivity index (χ0) is 15.2. The van der Waals surface area contributed by atoms with Crippen LogP contribution in [0.4, 0.5) is 18.9 Å². The molecule has 0 spiro atoms. The molecule has 0 saturated heterocycles. The Bertz CT molecular complexity index is 462. The highest BCUT2D eigenvalue weighted by Gasteiger charge is 2.54. The van der Waals surface area contributed by atoms with Crippen molar-refractivity contribution in [2.24, 2.45) is 0 Å². The van der Waals surface area contributed by atoms with E-state index in [0.29, 0.717) is 0 Å². The molecule has 1 aromatic carbocycles. The van der Waals surface area contributed by atoms with Gasteiger partial charge in [-0.1, -0.05) is 0 Å². The molecule has 0 saturated carbocycles. The smallest absolute Gasteiger partial charge is 0.324 e. The molecule has 0 aliphatic carbocycles. The molecular formula is C11H15F3NO3PS. The van der Waals surface area contributed by atoms with E-state index >= 15 is 0 Å². The molecule has 114 valence electrons. The van der Waals surface area contributed by atoms with Crippen molar-refractivity contribution in [2.45, 2.75) is 18.8 Å². The predicted octanol–water partition coefficient (Wildman–Crippen LogP) is 4.70. The van der Waals surface area contributed by atoms with Crippen molar-refractivity contribution in [3.05, 3.63) is 30.1 Å². The third kappa shape index (κ3) is 4.41. The van der Waals surface area contributed by atoms with E-state index in [0.717, 1.165) is 12.1 Å². The average molecular weight is 329 g/mol. The van der Waals surface area contributed by atoms with Crippen LogP contribution in [0.3, 0.4) is 0 Å². The lowest BCUT2D eigenvalue weighted by Crippen LogP contribution is -2.18. The SMILES string of the molecule is CCOP(=O)(OCC)C(F)(F)SNc1ccc(F)cc1. The molecule has 1 aromatic rings. The number of alkyl halides is 2. The van der Waals surface area contributed by atoms with Crippen molar-refractivity contribution >= 4 is 25.2 Å². The summed E-state index contributed by atoms with van der Waals surface area (Å²) >= 11 is -0.0944. The van der Waals surface area contributed by atoms with E-state index in [1.54, 1.807) is 0 Å². The molecule has 0 aliphatic rings. The highest BCUT2D eigenvalue weighted by atomic mass is 32.2. The first-order valence-corrected chi connectivity index (χ1v) is 8.17. The van der Waals surface area contributed by atoms with Gasteiger partial charge in [-0.25, -0.2) is 4.39 Å². The third-order valence-corrected chi connectivity index (χ3v) is 5.41. The van der Waals surface area contributed by atoms with Crippen LogP contribution in [-0.2, 0) is 13.6 Å². The molecule has 0 radical (unpaired) electrons. The number of rotatable bonds is 8. The van der Waals surface area contributed by atoms with Gasteiger partial charge < -0.3 is 13.8 Å². The van der Waals surface area contributed by atoms with Crippen molar-refractivity contribution in [1.82, 2.24) is 0 Å². The van der Waals surface area contributed by atoms with Gasteiger partial charge >= 0.3 is 12.6 Å². The molecule has 20 heavy (non-hydrogen) atoms. The second-order valence-electron chi connectivity index (χ2n) is 3.53. The average Bonchev–Trinajstić information content (AvgIpc) is 2.38. The molecule has 0 amide bonds. The first-order valence-electron chi connectivity index (χ1n) is 5.81. The minimum Gasteiger partial charge on any atom is -0.324 e. The highest BCUT2D eigenvalue weighted by Crippen LogP contribution is 2.66. The van der Waals surface area contributed by atoms with Crippen molar-refractivity contribution in [3.8, 4) is 0 Å². The van der Waals surface area contributed by atoms with E-state index in [1.807, 2.05) is 0 Å². The number of hydrogen-bond donors (Lipinski definition) is 1. The van der Waals surface area contributed by atoms with Crippen LogP contribution in [0.2, 0.25) is 0 Å². The monoisotopic (exact) mass is 329 g/mol. The van der Waals surface area contributed by atoms with Crippen LogP contribution in [-0.4, -0.2) is 18.2 Å². The van der Waals surface area contributed by atoms with Crippen LogP contribution in [0.25, 0.3) is 0 Å². The van der Waals surface area contributed by atoms with Crippen LogP contribution in [0.5, 0.6) is 0 Å². The first-order chi connectivity index (χ1) is 9.34. The summed E-state index contributed by atoms with van der Waals surface area (Å²) in [6.45, 7) is 2.56. The quantitative estimate of drug-likeness (QED) is 0.553. The normalized spacial score (nSPS) is 12.4. The van der Waals surface area contributed by atoms with E-state index in [1.165, 1.54) is 26.0 Å². The molecule has 0 atom stereocenters. The van der Waals surface area contributed by atoms with Gasteiger partial charge in [0.05, 0.1) is 13.2 Å². The Kier molecular flexibility index (Phi) is 6.39. The molecule has 0 aliphatic heterocycles. The Morgan fingerprint density at radius 2 is 1.70 bits per heavy atom. The molecule has 0 unspecified atom stereocenters. The molecule has 0 fully saturated rings. The Labute approximate surface area is 119 Å². The van der Waals surface area contributed by atoms with Gasteiger partial charge in [-0.15, -0.1) is 0 Å². The second kappa shape index (κ2) is 7.36. The topological polar surface area (TPSA) is 47.6 Å². The zero-order valence-electron chi connectivity index (χ0n) is 10.9. The second-order valence-corrected chi connectivity index (χ2v) is 6.83. The van der Waals surface area contributed by atoms with Crippen LogP contribution in [0.1, 0.15) is 13.8 Å². The maximum absolute atomic E-state index is 13.9. The van der Waals surface area contributed by atoms with E-state index in [2.05, 4.69) is 13.8 Å². The fourth-order valence-corrected chi connectivity index (χ4v) is 3.55. The van der Waals surface area contributed by atoms with Crippen LogP contribution in [0, 0.1) is 5.82 Å². The summed E-state index contributed by atoms with van der Waals surface area (Å²) in [5, 5.41) is 0. The Balaban J connectivity index is 2.76. The Morgan fingerprint density at radius 1 is 1.20 bits per heavy atom. The van der Waals surface area contributed by atoms with Gasteiger partial charge in [0.2, 0.25) is 0 Å². The Hall–Kier alpha value is -0.690. The molecule has 0 heterocycles. The summed E-state index contributed by atoms with van der Waals surface area (Å²) in [6, 6.07) is 4.80. The lowest BCUT2D eigenvalue weighted by Gasteiger charge is -2.24. The number of halogens is 3. The Morgan fingerprint density at radius 3 is 2.15 bits per heavy atom. The van der Waals surface area contributed by atoms with Gasteiger partial charge in [0.25, 0.3) is 0 Å². The molecule has 0 aromatic heterocycles. The molecular weight excluding hydrogens is 314 g/mol. The maximum atomic E-state index is 13.9. The molecule has 9 heteroatoms. The molecule has 1 rings (SSSR count). The molecule has 1 N–H and O–H groups in total. The van der Waals surface area contributed by atoms with E-state index in [9.17, 15) is 17.7 Å². The van der Waals surface area contributed by atoms with Crippen LogP contribution >= 0.6 is 19.5 Å². The maximum Gasteiger partial charge on any atom is 0.412 e. The summed E-state index contributed by atoms with van der Waals surface area (Å²) in [5.74, 6) is -0.485. The highest BCUT2D eigenvalue weighted by molar-refractivity contribution is 8.07. The predicted molar refractivity (Wildman–Crippen MR) is 73.4 cm³/mol. The minimum absolute atomic E-state index is 0.0944. The molecule has 0 bridgehead atoms. The van der Waals surface area contributed by atoms with E-state index < -0.39 is 18.4 Å². The van der Waals surface area contributed by atoms with Gasteiger partial charge in [-0.05, 0) is 38.1 Å². The van der Waals surface area contributed by atoms with E-state index in [4.69, 9.17) is 0 Å². The number of benzene rings is 1. The van der Waals surface area contributed by atoms with Gasteiger partial charge in [0.15, 0.2) is 0 Å². The van der Waals surface area contributed by atoms with Crippen LogP contribution < -0.4 is 4.72 Å². The number of anilines is 1. The minimum atomic E-state index is -4.58. The standard InChI is InChI=1S/C11H15F3NO3PS/c1-3-17-19(16,18-4-2)11(13,14)20-15-10-7-5-9(12)6-8-10/h5-8,15H,3-4H2,1-2H3. The van der Waals surface area contributed by atoms with Crippen molar-refractivity contribution in [3.63, 3.8) is 0 Å². The molecule has 4 nitrogen and oxygen atoms in total. The summed E-state index contributed by atoms with van der Waals surface area (Å²) in [4.78, 5) is -3.77. The summed E-state index contributed by atoms with van der Waals surface area (Å²) in [6.07, 6.45) is 0. The van der Waals surface area contributed by atoms with Gasteiger partial charge in [0, 0.05) is 17.6 Å². The number of hydrogen-bond acceptors (Lipinski definition) is 5. The fraction of sp³-hybridized carbons (Fsp3) is 0.455. The van der Waals surface area contributed by atoms with E-state index in [-0.39, 0.29) is 30.8 Å². The lowest BCUT2D eigenvalue weighted by atomic mass is 10.3. The summed E-state index contributed by atoms with van der Waals surface area (Å²) in [5.41, 5.74) is 0.246. The first kappa shape index (κ1) is 17.4. The largest absolute Gasteiger partial charge is 0.412 e. The van der Waals surface area contributed by atoms with Crippen molar-refractivity contribution < 1.29 is 26.8 Å². The van der Waals surface area contributed by atoms with Crippen molar-refractivity contribution in [1.29, 1.82) is 0 Å². The zero-order valence-corrected chi connectivity index (χ0v) is 12.6. The van der Waals surface area contributed by atoms with Gasteiger partial charge in [-0.2, -0.15) is 8.78 Å². The van der Waals surface area contributed by atoms with Gasteiger partial charge in [-0.3, -0.25) is 4.57 Å². The number of nitrogens with one attached hydrogen (secondary N) is 1. The fourth-order valence-electron chi connectivity index (χ4n) is 1.22. The van der Waals surface area contributed by atoms with Gasteiger partial charge in [0.1, 0.15) is 5.82 Å². The van der Waals surface area contributed by atoms with Crippen molar-refractivity contribution in [2.75, 3.05) is 17.9 Å². The summed E-state index contributed by atoms with van der Waals surface area (Å²) < 4.78 is 64.0. The summed E-state index contributed by atoms with van der Waals surface area (Å²) in [7, 11) is -4.58.